The quantitative estimate of drug-likeness (QED) is 0.629. The summed E-state index contributed by atoms with van der Waals surface area (Å²) < 4.78 is 142. The number of sulfone groups is 1. The van der Waals surface area contributed by atoms with Crippen LogP contribution in [-0.2, 0) is 15.8 Å². The Labute approximate surface area is 168 Å². The molecular formula is C15H11F9N4O2S. The van der Waals surface area contributed by atoms with Gasteiger partial charge in [0.25, 0.3) is 0 Å². The monoisotopic (exact) mass is 482 g/mol. The van der Waals surface area contributed by atoms with Crippen molar-refractivity contribution in [1.82, 2.24) is 15.0 Å². The van der Waals surface area contributed by atoms with Crippen LogP contribution in [0.3, 0.4) is 0 Å². The van der Waals surface area contributed by atoms with Gasteiger partial charge in [0.15, 0.2) is 9.84 Å². The maximum atomic E-state index is 14.0. The molecule has 0 aliphatic carbocycles. The normalized spacial score (nSPS) is 14.0. The molecule has 31 heavy (non-hydrogen) atoms. The van der Waals surface area contributed by atoms with Crippen LogP contribution < -0.4 is 5.73 Å². The van der Waals surface area contributed by atoms with E-state index in [0.717, 1.165) is 6.20 Å². The van der Waals surface area contributed by atoms with Gasteiger partial charge in [-0.25, -0.2) is 18.4 Å². The highest BCUT2D eigenvalue weighted by molar-refractivity contribution is 7.91. The van der Waals surface area contributed by atoms with Crippen molar-refractivity contribution in [1.29, 1.82) is 0 Å². The van der Waals surface area contributed by atoms with Crippen molar-refractivity contribution in [2.75, 3.05) is 11.5 Å². The maximum Gasteiger partial charge on any atom is 0.460 e. The van der Waals surface area contributed by atoms with Gasteiger partial charge < -0.3 is 5.73 Å². The first-order valence-corrected chi connectivity index (χ1v) is 9.57. The zero-order valence-electron chi connectivity index (χ0n) is 15.1. The first-order valence-electron chi connectivity index (χ1n) is 7.92. The molecular weight excluding hydrogens is 471 g/mol. The summed E-state index contributed by atoms with van der Waals surface area (Å²) in [6.07, 6.45) is -6.29. The fourth-order valence-electron chi connectivity index (χ4n) is 2.23. The summed E-state index contributed by atoms with van der Waals surface area (Å²) in [5, 5.41) is 0. The average molecular weight is 482 g/mol. The number of rotatable bonds is 6. The Bertz CT molecular complexity index is 1070. The molecule has 0 saturated heterocycles. The van der Waals surface area contributed by atoms with Gasteiger partial charge in [0, 0.05) is 11.8 Å². The lowest BCUT2D eigenvalue weighted by Gasteiger charge is -2.33. The number of aromatic nitrogens is 3. The van der Waals surface area contributed by atoms with Gasteiger partial charge in [-0.05, 0) is 12.1 Å². The van der Waals surface area contributed by atoms with Crippen molar-refractivity contribution in [2.45, 2.75) is 35.8 Å². The van der Waals surface area contributed by atoms with Crippen molar-refractivity contribution in [3.8, 4) is 11.4 Å². The molecule has 172 valence electrons. The summed E-state index contributed by atoms with van der Waals surface area (Å²) in [4.78, 5) is 9.78. The summed E-state index contributed by atoms with van der Waals surface area (Å²) in [5.74, 6) is -20.9. The van der Waals surface area contributed by atoms with Gasteiger partial charge in [-0.3, -0.25) is 4.98 Å². The number of nitrogens with two attached hydrogens (primary N) is 1. The highest BCUT2D eigenvalue weighted by Crippen LogP contribution is 2.56. The van der Waals surface area contributed by atoms with Gasteiger partial charge in [0.2, 0.25) is 5.95 Å². The van der Waals surface area contributed by atoms with E-state index < -0.39 is 67.3 Å². The van der Waals surface area contributed by atoms with Crippen LogP contribution in [0.5, 0.6) is 0 Å². The number of halogens is 9. The number of nitrogens with zero attached hydrogens (tertiary/aromatic N) is 3. The zero-order valence-corrected chi connectivity index (χ0v) is 15.9. The Morgan fingerprint density at radius 3 is 1.94 bits per heavy atom. The first-order chi connectivity index (χ1) is 13.9. The molecule has 0 atom stereocenters. The Kier molecular flexibility index (Phi) is 5.95. The van der Waals surface area contributed by atoms with Crippen LogP contribution in [0.15, 0.2) is 29.4 Å². The van der Waals surface area contributed by atoms with Crippen LogP contribution in [0.1, 0.15) is 12.5 Å². The van der Waals surface area contributed by atoms with Crippen molar-refractivity contribution in [3.05, 3.63) is 30.1 Å². The highest BCUT2D eigenvalue weighted by atomic mass is 32.2. The van der Waals surface area contributed by atoms with Gasteiger partial charge in [0.05, 0.1) is 17.6 Å². The lowest BCUT2D eigenvalue weighted by molar-refractivity contribution is -0.399. The van der Waals surface area contributed by atoms with Crippen LogP contribution in [0, 0.1) is 0 Å². The molecule has 2 rings (SSSR count). The smallest absolute Gasteiger partial charge is 0.368 e. The summed E-state index contributed by atoms with van der Waals surface area (Å²) >= 11 is 0. The lowest BCUT2D eigenvalue weighted by Crippen LogP contribution is -2.59. The predicted molar refractivity (Wildman–Crippen MR) is 87.2 cm³/mol. The van der Waals surface area contributed by atoms with Crippen LogP contribution in [0.4, 0.5) is 45.5 Å². The molecule has 0 aliphatic rings. The van der Waals surface area contributed by atoms with E-state index in [1.807, 2.05) is 0 Å². The molecule has 0 saturated carbocycles. The number of hydrogen-bond donors (Lipinski definition) is 1. The summed E-state index contributed by atoms with van der Waals surface area (Å²) in [7, 11) is -4.00. The third-order valence-electron chi connectivity index (χ3n) is 4.00. The van der Waals surface area contributed by atoms with E-state index in [-0.39, 0.29) is 12.3 Å². The molecule has 0 amide bonds. The van der Waals surface area contributed by atoms with Crippen molar-refractivity contribution in [3.63, 3.8) is 0 Å². The van der Waals surface area contributed by atoms with Crippen LogP contribution >= 0.6 is 0 Å². The Morgan fingerprint density at radius 1 is 0.903 bits per heavy atom. The van der Waals surface area contributed by atoms with Crippen LogP contribution in [-0.4, -0.2) is 47.1 Å². The van der Waals surface area contributed by atoms with E-state index >= 15 is 0 Å². The second-order valence-corrected chi connectivity index (χ2v) is 8.24. The van der Waals surface area contributed by atoms with E-state index in [2.05, 4.69) is 15.0 Å². The number of alkyl halides is 9. The summed E-state index contributed by atoms with van der Waals surface area (Å²) in [5.41, 5.74) is 2.32. The standard InChI is InChI=1S/C15H11F9N4O2S/c1-2-31(29,30)9-6-27-11(25)28-10(9)8-4-3-7(5-26-8)12(16,17)13(18,19)14(20,21)15(22,23)24/h3-6H,2H2,1H3,(H2,25,27,28). The molecule has 0 unspecified atom stereocenters. The molecule has 2 N–H and O–H groups in total. The van der Waals surface area contributed by atoms with Gasteiger partial charge >= 0.3 is 23.9 Å². The largest absolute Gasteiger partial charge is 0.460 e. The van der Waals surface area contributed by atoms with Crippen LogP contribution in [0.2, 0.25) is 0 Å². The second kappa shape index (κ2) is 7.49. The van der Waals surface area contributed by atoms with E-state index in [1.54, 1.807) is 0 Å². The number of pyridine rings is 1. The molecule has 0 bridgehead atoms. The molecule has 2 aromatic rings. The molecule has 0 spiro atoms. The van der Waals surface area contributed by atoms with E-state index in [0.29, 0.717) is 6.07 Å². The number of nitrogen functional groups attached to an aromatic ring is 1. The zero-order chi connectivity index (χ0) is 24.0. The third kappa shape index (κ3) is 3.99. The van der Waals surface area contributed by atoms with E-state index in [4.69, 9.17) is 5.73 Å². The van der Waals surface area contributed by atoms with E-state index in [9.17, 15) is 47.9 Å². The minimum absolute atomic E-state index is 0.0866. The van der Waals surface area contributed by atoms with Crippen molar-refractivity contribution in [2.24, 2.45) is 0 Å². The molecule has 0 aliphatic heterocycles. The SMILES string of the molecule is CCS(=O)(=O)c1cnc(N)nc1-c1ccc(C(F)(F)C(F)(F)C(F)(F)C(F)(F)F)cn1. The minimum Gasteiger partial charge on any atom is -0.368 e. The fraction of sp³-hybridized carbons (Fsp3) is 0.400. The molecule has 2 heterocycles. The Morgan fingerprint density at radius 2 is 1.48 bits per heavy atom. The molecule has 0 aromatic carbocycles. The van der Waals surface area contributed by atoms with Gasteiger partial charge in [-0.15, -0.1) is 0 Å². The van der Waals surface area contributed by atoms with Gasteiger partial charge in [-0.2, -0.15) is 39.5 Å². The second-order valence-electron chi connectivity index (χ2n) is 6.00. The van der Waals surface area contributed by atoms with Gasteiger partial charge in [-0.1, -0.05) is 6.92 Å². The van der Waals surface area contributed by atoms with Crippen molar-refractivity contribution < 1.29 is 47.9 Å². The number of anilines is 1. The number of hydrogen-bond acceptors (Lipinski definition) is 6. The average Bonchev–Trinajstić information content (AvgIpc) is 2.66. The lowest BCUT2D eigenvalue weighted by atomic mass is 9.98. The molecule has 0 fully saturated rings. The Balaban J connectivity index is 2.58. The molecule has 0 radical (unpaired) electrons. The molecule has 2 aromatic heterocycles. The molecule has 6 nitrogen and oxygen atoms in total. The van der Waals surface area contributed by atoms with Crippen LogP contribution in [0.25, 0.3) is 11.4 Å². The topological polar surface area (TPSA) is 98.8 Å². The predicted octanol–water partition coefficient (Wildman–Crippen LogP) is 3.84. The van der Waals surface area contributed by atoms with E-state index in [1.165, 1.54) is 6.92 Å². The fourth-order valence-corrected chi connectivity index (χ4v) is 3.20. The maximum absolute atomic E-state index is 14.0. The summed E-state index contributed by atoms with van der Waals surface area (Å²) in [6, 6.07) is 0.574. The first kappa shape index (κ1) is 24.6. The van der Waals surface area contributed by atoms with Gasteiger partial charge in [0.1, 0.15) is 10.6 Å². The molecule has 16 heteroatoms. The summed E-state index contributed by atoms with van der Waals surface area (Å²) in [6.45, 7) is 1.25. The Hall–Kier alpha value is -2.65. The minimum atomic E-state index is -7.06. The third-order valence-corrected chi connectivity index (χ3v) is 5.73. The van der Waals surface area contributed by atoms with Crippen molar-refractivity contribution >= 4 is 15.8 Å². The highest BCUT2D eigenvalue weighted by Gasteiger charge is 2.82.